The Kier molecular flexibility index (Phi) is 14.6. The van der Waals surface area contributed by atoms with E-state index in [1.807, 2.05) is 0 Å². The Labute approximate surface area is 381 Å². The first-order valence-electron chi connectivity index (χ1n) is 20.4. The van der Waals surface area contributed by atoms with Crippen LogP contribution in [0, 0.1) is 22.6 Å². The SMILES string of the molecule is CC(C)(C)[C@H](NC(=O)COCCCCOc1ccc(-c2ccc(N3C(=S)N(c4ccc(C#N)c(C(F)(F)F)c4F)C(=O)C3(C)C)cn2)cc1)C(=O)N1C[C@H](O)C[C@H]1C(=O)Nc1cncs1. The third-order valence-electron chi connectivity index (χ3n) is 10.7. The van der Waals surface area contributed by atoms with Gasteiger partial charge in [0, 0.05) is 25.1 Å². The van der Waals surface area contributed by atoms with E-state index < -0.39 is 81.6 Å². The lowest BCUT2D eigenvalue weighted by Crippen LogP contribution is -2.57. The fourth-order valence-electron chi connectivity index (χ4n) is 7.43. The molecule has 344 valence electrons. The molecule has 15 nitrogen and oxygen atoms in total. The Hall–Kier alpha value is -6.08. The van der Waals surface area contributed by atoms with E-state index in [-0.39, 0.29) is 31.3 Å². The number of pyridine rings is 1. The van der Waals surface area contributed by atoms with E-state index in [9.17, 15) is 37.5 Å². The highest BCUT2D eigenvalue weighted by Gasteiger charge is 2.52. The van der Waals surface area contributed by atoms with E-state index in [2.05, 4.69) is 20.6 Å². The van der Waals surface area contributed by atoms with Crippen LogP contribution in [0.3, 0.4) is 0 Å². The van der Waals surface area contributed by atoms with Crippen LogP contribution < -0.4 is 25.2 Å². The maximum absolute atomic E-state index is 15.4. The maximum Gasteiger partial charge on any atom is 0.420 e. The monoisotopic (exact) mass is 938 g/mol. The van der Waals surface area contributed by atoms with Crippen molar-refractivity contribution in [3.63, 3.8) is 0 Å². The third-order valence-corrected chi connectivity index (χ3v) is 11.8. The Morgan fingerprint density at radius 1 is 1.06 bits per heavy atom. The van der Waals surface area contributed by atoms with Gasteiger partial charge in [-0.15, -0.1) is 11.3 Å². The molecule has 0 saturated carbocycles. The van der Waals surface area contributed by atoms with E-state index in [1.54, 1.807) is 62.7 Å². The first-order valence-corrected chi connectivity index (χ1v) is 21.6. The number of carbonyl (C=O) groups excluding carboxylic acids is 4. The second-order valence-electron chi connectivity index (χ2n) is 16.9. The number of thiazole rings is 1. The van der Waals surface area contributed by atoms with Gasteiger partial charge in [-0.2, -0.15) is 18.4 Å². The predicted molar refractivity (Wildman–Crippen MR) is 236 cm³/mol. The number of aromatic nitrogens is 2. The van der Waals surface area contributed by atoms with Crippen LogP contribution in [-0.4, -0.2) is 98.8 Å². The highest BCUT2D eigenvalue weighted by molar-refractivity contribution is 7.81. The number of carbonyl (C=O) groups is 4. The number of aliphatic hydroxyl groups excluding tert-OH is 1. The molecule has 2 aromatic carbocycles. The number of nitrogens with one attached hydrogen (secondary N) is 2. The number of halogens is 4. The standard InChI is InChI=1S/C44H46F4N8O7S2/c1-42(2,3)37(39(60)54-22-28(57)18-32(54)38(59)53-34-21-50-24-65-34)52-33(58)23-62-16-6-7-17-63-29-12-8-25(9-13-29)30-14-11-27(20-51-30)56-41(64)55(40(61)43(56,4)5)31-15-10-26(19-49)35(36(31)45)44(46,47)48/h8-15,20-21,24,28,32,37,57H,6-7,16-18,22-23H2,1-5H3,(H,52,58)(H,53,59)/t28-,32+,37-/m1/s1. The summed E-state index contributed by atoms with van der Waals surface area (Å²) in [4.78, 5) is 65.1. The average molecular weight is 939 g/mol. The van der Waals surface area contributed by atoms with Gasteiger partial charge in [-0.05, 0) is 92.9 Å². The quantitative estimate of drug-likeness (QED) is 0.0672. The molecule has 21 heteroatoms. The second kappa shape index (κ2) is 19.6. The van der Waals surface area contributed by atoms with Crippen LogP contribution in [0.2, 0.25) is 0 Å². The number of aliphatic hydroxyl groups is 1. The molecule has 0 radical (unpaired) electrons. The van der Waals surface area contributed by atoms with Crippen LogP contribution >= 0.6 is 23.6 Å². The number of benzene rings is 2. The lowest BCUT2D eigenvalue weighted by atomic mass is 9.85. The first kappa shape index (κ1) is 48.4. The molecule has 2 saturated heterocycles. The Morgan fingerprint density at radius 3 is 2.38 bits per heavy atom. The van der Waals surface area contributed by atoms with Gasteiger partial charge < -0.3 is 35.0 Å². The number of amides is 4. The molecule has 65 heavy (non-hydrogen) atoms. The molecular weight excluding hydrogens is 893 g/mol. The topological polar surface area (TPSA) is 190 Å². The number of nitrogens with zero attached hydrogens (tertiary/aromatic N) is 6. The van der Waals surface area contributed by atoms with Crippen molar-refractivity contribution < 1.29 is 51.3 Å². The summed E-state index contributed by atoms with van der Waals surface area (Å²) in [6, 6.07) is 11.6. The largest absolute Gasteiger partial charge is 0.494 e. The van der Waals surface area contributed by atoms with Gasteiger partial charge in [-0.25, -0.2) is 4.39 Å². The van der Waals surface area contributed by atoms with Crippen molar-refractivity contribution in [2.24, 2.45) is 5.41 Å². The Bertz CT molecular complexity index is 2460. The van der Waals surface area contributed by atoms with Crippen molar-refractivity contribution in [1.82, 2.24) is 20.2 Å². The smallest absolute Gasteiger partial charge is 0.420 e. The fraction of sp³-hybridized carbons (Fsp3) is 0.409. The minimum absolute atomic E-state index is 0.0470. The Morgan fingerprint density at radius 2 is 1.77 bits per heavy atom. The van der Waals surface area contributed by atoms with E-state index >= 15 is 4.39 Å². The van der Waals surface area contributed by atoms with Gasteiger partial charge >= 0.3 is 6.18 Å². The number of thiocarbonyl (C=S) groups is 1. The molecule has 2 aliphatic rings. The molecule has 3 N–H and O–H groups in total. The molecule has 2 fully saturated rings. The maximum atomic E-state index is 15.4. The lowest BCUT2D eigenvalue weighted by molar-refractivity contribution is -0.143. The summed E-state index contributed by atoms with van der Waals surface area (Å²) in [6.07, 6.45) is -1.92. The predicted octanol–water partition coefficient (Wildman–Crippen LogP) is 6.46. The van der Waals surface area contributed by atoms with E-state index in [1.165, 1.54) is 53.4 Å². The molecule has 0 spiro atoms. The zero-order valence-corrected chi connectivity index (χ0v) is 37.6. The zero-order valence-electron chi connectivity index (χ0n) is 35.9. The minimum Gasteiger partial charge on any atom is -0.494 e. The number of β-amino-alcohol motifs (C(OH)–C–C–N with tert-alkyl or cyclic N) is 1. The molecule has 4 amide bonds. The van der Waals surface area contributed by atoms with Gasteiger partial charge in [-0.1, -0.05) is 20.8 Å². The first-order chi connectivity index (χ1) is 30.6. The number of alkyl halides is 3. The summed E-state index contributed by atoms with van der Waals surface area (Å²) in [7, 11) is 0. The van der Waals surface area contributed by atoms with Crippen molar-refractivity contribution in [1.29, 1.82) is 5.26 Å². The summed E-state index contributed by atoms with van der Waals surface area (Å²) in [5.41, 5.74) is -2.42. The normalized spacial score (nSPS) is 17.8. The molecule has 0 unspecified atom stereocenters. The van der Waals surface area contributed by atoms with Crippen LogP contribution in [0.4, 0.5) is 33.9 Å². The van der Waals surface area contributed by atoms with E-state index in [4.69, 9.17) is 27.0 Å². The number of hydrogen-bond acceptors (Lipinski definition) is 12. The van der Waals surface area contributed by atoms with E-state index in [0.29, 0.717) is 46.5 Å². The summed E-state index contributed by atoms with van der Waals surface area (Å²) in [5, 5.41) is 25.3. The van der Waals surface area contributed by atoms with Crippen LogP contribution in [0.1, 0.15) is 65.0 Å². The number of unbranched alkanes of at least 4 members (excludes halogenated alkanes) is 1. The number of anilines is 3. The summed E-state index contributed by atoms with van der Waals surface area (Å²) >= 11 is 6.75. The zero-order chi connectivity index (χ0) is 47.4. The summed E-state index contributed by atoms with van der Waals surface area (Å²) < 4.78 is 68.1. The molecule has 6 rings (SSSR count). The van der Waals surface area contributed by atoms with Gasteiger partial charge in [0.2, 0.25) is 17.7 Å². The highest BCUT2D eigenvalue weighted by Crippen LogP contribution is 2.42. The van der Waals surface area contributed by atoms with Crippen LogP contribution in [-0.2, 0) is 30.1 Å². The molecule has 2 aromatic heterocycles. The summed E-state index contributed by atoms with van der Waals surface area (Å²) in [5.74, 6) is -3.41. The van der Waals surface area contributed by atoms with Crippen molar-refractivity contribution >= 4 is 68.7 Å². The molecule has 4 aromatic rings. The van der Waals surface area contributed by atoms with Gasteiger partial charge in [0.15, 0.2) is 10.9 Å². The number of hydrogen-bond donors (Lipinski definition) is 3. The molecular formula is C44H46F4N8O7S2. The van der Waals surface area contributed by atoms with Crippen molar-refractivity contribution in [2.75, 3.05) is 41.5 Å². The lowest BCUT2D eigenvalue weighted by Gasteiger charge is -2.35. The van der Waals surface area contributed by atoms with Gasteiger partial charge in [0.1, 0.15) is 40.5 Å². The van der Waals surface area contributed by atoms with Crippen LogP contribution in [0.5, 0.6) is 5.75 Å². The molecule has 2 aliphatic heterocycles. The second-order valence-corrected chi connectivity index (χ2v) is 18.2. The molecule has 0 bridgehead atoms. The number of ether oxygens (including phenoxy) is 2. The molecule has 3 atom stereocenters. The number of nitriles is 1. The van der Waals surface area contributed by atoms with Crippen molar-refractivity contribution in [2.45, 2.75) is 83.8 Å². The number of rotatable bonds is 15. The Balaban J connectivity index is 0.961. The van der Waals surface area contributed by atoms with Crippen molar-refractivity contribution in [3.05, 3.63) is 83.4 Å². The molecule has 0 aliphatic carbocycles. The molecule has 4 heterocycles. The van der Waals surface area contributed by atoms with Crippen LogP contribution in [0.25, 0.3) is 11.3 Å². The minimum atomic E-state index is -5.20. The third kappa shape index (κ3) is 10.7. The number of likely N-dealkylation sites (tertiary alicyclic amines) is 1. The van der Waals surface area contributed by atoms with E-state index in [0.717, 1.165) is 17.7 Å². The highest BCUT2D eigenvalue weighted by atomic mass is 32.1. The van der Waals surface area contributed by atoms with Crippen LogP contribution in [0.15, 0.2) is 66.4 Å². The fourth-order valence-corrected chi connectivity index (χ4v) is 8.46. The average Bonchev–Trinajstić information content (AvgIpc) is 3.95. The van der Waals surface area contributed by atoms with Gasteiger partial charge in [0.05, 0.1) is 59.3 Å². The van der Waals surface area contributed by atoms with Crippen molar-refractivity contribution in [3.8, 4) is 23.1 Å². The van der Waals surface area contributed by atoms with Gasteiger partial charge in [-0.3, -0.25) is 34.0 Å². The summed E-state index contributed by atoms with van der Waals surface area (Å²) in [6.45, 7) is 8.64. The van der Waals surface area contributed by atoms with Gasteiger partial charge in [0.25, 0.3) is 5.91 Å².